The van der Waals surface area contributed by atoms with Crippen LogP contribution in [-0.2, 0) is 10.0 Å². The number of anilines is 2. The molecule has 162 valence electrons. The highest BCUT2D eigenvalue weighted by Gasteiger charge is 2.26. The maximum atomic E-state index is 13.1. The van der Waals surface area contributed by atoms with Crippen LogP contribution in [-0.4, -0.2) is 23.7 Å². The molecule has 0 fully saturated rings. The van der Waals surface area contributed by atoms with Crippen molar-refractivity contribution < 1.29 is 13.2 Å². The second-order valence-corrected chi connectivity index (χ2v) is 10.4. The predicted molar refractivity (Wildman–Crippen MR) is 126 cm³/mol. The summed E-state index contributed by atoms with van der Waals surface area (Å²) in [6, 6.07) is 6.90. The van der Waals surface area contributed by atoms with Crippen LogP contribution in [0.1, 0.15) is 31.9 Å². The molecule has 0 unspecified atom stereocenters. The number of thiophene rings is 1. The van der Waals surface area contributed by atoms with Gasteiger partial charge in [0.2, 0.25) is 0 Å². The first kappa shape index (κ1) is 21.9. The van der Waals surface area contributed by atoms with E-state index in [-0.39, 0.29) is 9.77 Å². The number of benzene rings is 1. The van der Waals surface area contributed by atoms with Gasteiger partial charge in [-0.25, -0.2) is 13.4 Å². The van der Waals surface area contributed by atoms with Crippen molar-refractivity contribution >= 4 is 60.4 Å². The zero-order valence-electron chi connectivity index (χ0n) is 17.3. The zero-order valence-corrected chi connectivity index (χ0v) is 19.7. The van der Waals surface area contributed by atoms with Gasteiger partial charge in [0.15, 0.2) is 0 Å². The first-order valence-electron chi connectivity index (χ1n) is 9.35. The topological polar surface area (TPSA) is 125 Å². The van der Waals surface area contributed by atoms with Crippen molar-refractivity contribution in [3.63, 3.8) is 0 Å². The number of hydrogen-bond donors (Lipinski definition) is 2. The van der Waals surface area contributed by atoms with Crippen LogP contribution in [0.5, 0.6) is 0 Å². The second kappa shape index (κ2) is 8.31. The molecule has 2 N–H and O–H groups in total. The Labute approximate surface area is 192 Å². The van der Waals surface area contributed by atoms with E-state index in [4.69, 9.17) is 0 Å². The van der Waals surface area contributed by atoms with Gasteiger partial charge in [-0.05, 0) is 66.5 Å². The summed E-state index contributed by atoms with van der Waals surface area (Å²) in [6.45, 7) is 5.41. The first-order chi connectivity index (χ1) is 15.2. The first-order valence-corrected chi connectivity index (χ1v) is 12.5. The third-order valence-corrected chi connectivity index (χ3v) is 8.13. The molecule has 1 aromatic carbocycles. The van der Waals surface area contributed by atoms with Crippen LogP contribution in [0.4, 0.5) is 11.4 Å². The Morgan fingerprint density at radius 3 is 2.72 bits per heavy atom. The Bertz CT molecular complexity index is 1510. The van der Waals surface area contributed by atoms with Crippen LogP contribution in [0.25, 0.3) is 10.2 Å². The molecule has 11 heteroatoms. The Morgan fingerprint density at radius 1 is 1.19 bits per heavy atom. The summed E-state index contributed by atoms with van der Waals surface area (Å²) < 4.78 is 32.8. The molecule has 3 heterocycles. The molecular weight excluding hydrogens is 466 g/mol. The number of carbonyl (C=O) groups excluding carboxylic acids is 1. The highest BCUT2D eigenvalue weighted by atomic mass is 32.2. The molecule has 1 amide bonds. The maximum Gasteiger partial charge on any atom is 0.267 e. The van der Waals surface area contributed by atoms with Gasteiger partial charge in [0.25, 0.3) is 15.9 Å². The van der Waals surface area contributed by atoms with Crippen molar-refractivity contribution in [1.29, 1.82) is 5.26 Å². The lowest BCUT2D eigenvalue weighted by atomic mass is 9.98. The number of sulfonamides is 1. The SMILES string of the molecule is Cc1cc(C)c(NC(=O)c2sccc2S(=O)(=O)Nc2ccnc3sncc23)c(C)c1C#N. The lowest BCUT2D eigenvalue weighted by molar-refractivity contribution is 0.102. The molecule has 8 nitrogen and oxygen atoms in total. The number of fused-ring (bicyclic) bond motifs is 1. The number of nitriles is 1. The third kappa shape index (κ3) is 3.84. The maximum absolute atomic E-state index is 13.1. The van der Waals surface area contributed by atoms with E-state index in [2.05, 4.69) is 25.5 Å². The molecule has 4 rings (SSSR count). The van der Waals surface area contributed by atoms with Gasteiger partial charge in [-0.15, -0.1) is 11.3 Å². The number of hydrogen-bond acceptors (Lipinski definition) is 8. The number of pyridine rings is 1. The summed E-state index contributed by atoms with van der Waals surface area (Å²) in [7, 11) is -4.05. The quantitative estimate of drug-likeness (QED) is 0.427. The summed E-state index contributed by atoms with van der Waals surface area (Å²) >= 11 is 2.19. The molecule has 0 aliphatic heterocycles. The normalized spacial score (nSPS) is 11.3. The number of carbonyl (C=O) groups is 1. The van der Waals surface area contributed by atoms with Crippen LogP contribution in [0.3, 0.4) is 0 Å². The van der Waals surface area contributed by atoms with Crippen LogP contribution < -0.4 is 10.0 Å². The van der Waals surface area contributed by atoms with Crippen LogP contribution in [0, 0.1) is 32.1 Å². The van der Waals surface area contributed by atoms with Crippen LogP contribution >= 0.6 is 22.9 Å². The van der Waals surface area contributed by atoms with Gasteiger partial charge < -0.3 is 5.32 Å². The van der Waals surface area contributed by atoms with E-state index in [9.17, 15) is 18.5 Å². The summed E-state index contributed by atoms with van der Waals surface area (Å²) in [5, 5.41) is 14.4. The molecular formula is C21H17N5O3S3. The average molecular weight is 484 g/mol. The third-order valence-electron chi connectivity index (χ3n) is 4.97. The Morgan fingerprint density at radius 2 is 1.97 bits per heavy atom. The Balaban J connectivity index is 1.68. The second-order valence-electron chi connectivity index (χ2n) is 7.07. The van der Waals surface area contributed by atoms with Gasteiger partial charge in [-0.3, -0.25) is 9.52 Å². The molecule has 4 aromatic rings. The van der Waals surface area contributed by atoms with Crippen LogP contribution in [0.2, 0.25) is 0 Å². The molecule has 3 aromatic heterocycles. The fraction of sp³-hybridized carbons (Fsp3) is 0.143. The number of nitrogens with zero attached hydrogens (tertiary/aromatic N) is 3. The van der Waals surface area contributed by atoms with Crippen molar-refractivity contribution in [2.75, 3.05) is 10.0 Å². The summed E-state index contributed by atoms with van der Waals surface area (Å²) in [5.41, 5.74) is 3.57. The summed E-state index contributed by atoms with van der Waals surface area (Å²) in [4.78, 5) is 17.7. The van der Waals surface area contributed by atoms with Gasteiger partial charge in [-0.1, -0.05) is 6.07 Å². The number of aromatic nitrogens is 2. The minimum atomic E-state index is -4.05. The molecule has 0 radical (unpaired) electrons. The van der Waals surface area contributed by atoms with E-state index in [0.717, 1.165) is 34.0 Å². The number of nitrogens with one attached hydrogen (secondary N) is 2. The highest BCUT2D eigenvalue weighted by molar-refractivity contribution is 7.93. The smallest absolute Gasteiger partial charge is 0.267 e. The van der Waals surface area contributed by atoms with E-state index >= 15 is 0 Å². The van der Waals surface area contributed by atoms with Crippen molar-refractivity contribution in [1.82, 2.24) is 9.36 Å². The van der Waals surface area contributed by atoms with Crippen molar-refractivity contribution in [2.24, 2.45) is 0 Å². The lowest BCUT2D eigenvalue weighted by Crippen LogP contribution is -2.19. The lowest BCUT2D eigenvalue weighted by Gasteiger charge is -2.15. The Hall–Kier alpha value is -3.33. The number of aryl methyl sites for hydroxylation is 2. The minimum Gasteiger partial charge on any atom is -0.321 e. The molecule has 0 spiro atoms. The molecule has 0 atom stereocenters. The van der Waals surface area contributed by atoms with E-state index in [0.29, 0.717) is 32.7 Å². The zero-order chi connectivity index (χ0) is 23.0. The molecule has 0 aliphatic rings. The predicted octanol–water partition coefficient (Wildman–Crippen LogP) is 4.60. The molecule has 0 bridgehead atoms. The van der Waals surface area contributed by atoms with Gasteiger partial charge in [0.05, 0.1) is 28.9 Å². The van der Waals surface area contributed by atoms with Gasteiger partial charge in [-0.2, -0.15) is 9.64 Å². The summed E-state index contributed by atoms with van der Waals surface area (Å²) in [5.74, 6) is -0.559. The monoisotopic (exact) mass is 483 g/mol. The average Bonchev–Trinajstić information content (AvgIpc) is 3.41. The molecule has 0 saturated heterocycles. The van der Waals surface area contributed by atoms with E-state index < -0.39 is 15.9 Å². The van der Waals surface area contributed by atoms with Gasteiger partial charge in [0.1, 0.15) is 14.6 Å². The van der Waals surface area contributed by atoms with E-state index in [1.807, 2.05) is 19.9 Å². The van der Waals surface area contributed by atoms with E-state index in [1.54, 1.807) is 24.6 Å². The number of amides is 1. The Kier molecular flexibility index (Phi) is 5.68. The van der Waals surface area contributed by atoms with Crippen molar-refractivity contribution in [3.05, 3.63) is 63.1 Å². The standard InChI is InChI=1S/C21H17N5O3S3/c1-11-8-12(2)18(13(3)14(11)9-22)25-20(27)19-17(5-7-30-19)32(28,29)26-16-4-6-23-21-15(16)10-24-31-21/h4-8,10H,1-3H3,(H,23,26)(H,25,27). The highest BCUT2D eigenvalue weighted by Crippen LogP contribution is 2.31. The van der Waals surface area contributed by atoms with E-state index in [1.165, 1.54) is 12.3 Å². The van der Waals surface area contributed by atoms with Gasteiger partial charge in [0, 0.05) is 11.9 Å². The fourth-order valence-corrected chi connectivity index (χ4v) is 6.49. The largest absolute Gasteiger partial charge is 0.321 e. The molecule has 32 heavy (non-hydrogen) atoms. The summed E-state index contributed by atoms with van der Waals surface area (Å²) in [6.07, 6.45) is 3.04. The minimum absolute atomic E-state index is 0.0455. The van der Waals surface area contributed by atoms with Gasteiger partial charge >= 0.3 is 0 Å². The number of rotatable bonds is 5. The van der Waals surface area contributed by atoms with Crippen LogP contribution in [0.15, 0.2) is 40.9 Å². The molecule has 0 saturated carbocycles. The fourth-order valence-electron chi connectivity index (χ4n) is 3.46. The van der Waals surface area contributed by atoms with Crippen molar-refractivity contribution in [3.8, 4) is 6.07 Å². The molecule has 0 aliphatic carbocycles. The van der Waals surface area contributed by atoms with Crippen molar-refractivity contribution in [2.45, 2.75) is 25.7 Å².